The number of carbonyl (C=O) groups is 2. The highest BCUT2D eigenvalue weighted by molar-refractivity contribution is 7.99. The predicted molar refractivity (Wildman–Crippen MR) is 86.6 cm³/mol. The molecule has 1 unspecified atom stereocenters. The minimum absolute atomic E-state index is 0.00439. The molecule has 0 aliphatic carbocycles. The number of carbonyl (C=O) groups excluding carboxylic acids is 2. The standard InChI is InChI=1S/C15H23N3O2S/c1-16-7-8-21-11-13(9-14(19)18(2)3)15(20)12-5-4-6-17-10-12/h4-6,10,13,16H,7-9,11H2,1-3H3. The van der Waals surface area contributed by atoms with Gasteiger partial charge in [0.1, 0.15) is 0 Å². The fourth-order valence-electron chi connectivity index (χ4n) is 1.76. The van der Waals surface area contributed by atoms with Gasteiger partial charge in [0.15, 0.2) is 5.78 Å². The van der Waals surface area contributed by atoms with Crippen LogP contribution in [-0.2, 0) is 4.79 Å². The van der Waals surface area contributed by atoms with Gasteiger partial charge in [-0.2, -0.15) is 11.8 Å². The van der Waals surface area contributed by atoms with E-state index in [1.54, 1.807) is 50.4 Å². The summed E-state index contributed by atoms with van der Waals surface area (Å²) in [6.45, 7) is 0.889. The highest BCUT2D eigenvalue weighted by atomic mass is 32.2. The summed E-state index contributed by atoms with van der Waals surface area (Å²) in [6, 6.07) is 3.49. The molecule has 0 aliphatic heterocycles. The summed E-state index contributed by atoms with van der Waals surface area (Å²) in [5.74, 6) is 1.24. The number of thioether (sulfide) groups is 1. The second kappa shape index (κ2) is 9.52. The topological polar surface area (TPSA) is 62.3 Å². The molecule has 6 heteroatoms. The molecule has 1 aromatic heterocycles. The van der Waals surface area contributed by atoms with E-state index in [2.05, 4.69) is 10.3 Å². The van der Waals surface area contributed by atoms with Gasteiger partial charge in [0.05, 0.1) is 0 Å². The zero-order chi connectivity index (χ0) is 15.7. The molecule has 0 saturated carbocycles. The van der Waals surface area contributed by atoms with Crippen LogP contribution in [0.5, 0.6) is 0 Å². The Kier molecular flexibility index (Phi) is 8.00. The molecular formula is C15H23N3O2S. The fraction of sp³-hybridized carbons (Fsp3) is 0.533. The van der Waals surface area contributed by atoms with Crippen molar-refractivity contribution in [2.45, 2.75) is 6.42 Å². The Morgan fingerprint density at radius 1 is 1.43 bits per heavy atom. The molecule has 1 atom stereocenters. The van der Waals surface area contributed by atoms with Crippen molar-refractivity contribution in [2.24, 2.45) is 5.92 Å². The van der Waals surface area contributed by atoms with E-state index in [0.29, 0.717) is 11.3 Å². The molecule has 21 heavy (non-hydrogen) atoms. The van der Waals surface area contributed by atoms with Gasteiger partial charge < -0.3 is 10.2 Å². The van der Waals surface area contributed by atoms with Crippen LogP contribution in [0.25, 0.3) is 0 Å². The van der Waals surface area contributed by atoms with Gasteiger partial charge >= 0.3 is 0 Å². The lowest BCUT2D eigenvalue weighted by Gasteiger charge is -2.18. The molecule has 5 nitrogen and oxygen atoms in total. The number of nitrogens with zero attached hydrogens (tertiary/aromatic N) is 2. The second-order valence-electron chi connectivity index (χ2n) is 4.97. The number of ketones is 1. The molecule has 0 aromatic carbocycles. The lowest BCUT2D eigenvalue weighted by atomic mass is 9.97. The Balaban J connectivity index is 2.70. The van der Waals surface area contributed by atoms with E-state index in [-0.39, 0.29) is 24.0 Å². The van der Waals surface area contributed by atoms with Gasteiger partial charge in [-0.15, -0.1) is 0 Å². The first-order chi connectivity index (χ1) is 10.1. The Labute approximate surface area is 130 Å². The molecule has 0 saturated heterocycles. The Bertz CT molecular complexity index is 451. The Hall–Kier alpha value is -1.40. The molecule has 1 N–H and O–H groups in total. The fourth-order valence-corrected chi connectivity index (χ4v) is 2.83. The van der Waals surface area contributed by atoms with Gasteiger partial charge in [0, 0.05) is 62.4 Å². The maximum Gasteiger partial charge on any atom is 0.222 e. The lowest BCUT2D eigenvalue weighted by molar-refractivity contribution is -0.129. The maximum absolute atomic E-state index is 12.5. The Morgan fingerprint density at radius 3 is 2.76 bits per heavy atom. The third-order valence-electron chi connectivity index (χ3n) is 3.05. The van der Waals surface area contributed by atoms with Crippen LogP contribution >= 0.6 is 11.8 Å². The molecule has 0 aliphatic rings. The van der Waals surface area contributed by atoms with Crippen molar-refractivity contribution in [2.75, 3.05) is 39.2 Å². The van der Waals surface area contributed by atoms with Crippen LogP contribution in [0.1, 0.15) is 16.8 Å². The molecule has 0 bridgehead atoms. The third-order valence-corrected chi connectivity index (χ3v) is 4.18. The second-order valence-corrected chi connectivity index (χ2v) is 6.12. The summed E-state index contributed by atoms with van der Waals surface area (Å²) in [5.41, 5.74) is 0.572. The Morgan fingerprint density at radius 2 is 2.19 bits per heavy atom. The van der Waals surface area contributed by atoms with E-state index >= 15 is 0 Å². The van der Waals surface area contributed by atoms with E-state index in [9.17, 15) is 9.59 Å². The zero-order valence-corrected chi connectivity index (χ0v) is 13.7. The molecule has 116 valence electrons. The number of rotatable bonds is 9. The van der Waals surface area contributed by atoms with Gasteiger partial charge in [-0.3, -0.25) is 14.6 Å². The largest absolute Gasteiger partial charge is 0.349 e. The summed E-state index contributed by atoms with van der Waals surface area (Å²) < 4.78 is 0. The molecule has 1 amide bonds. The van der Waals surface area contributed by atoms with Crippen molar-refractivity contribution in [3.8, 4) is 0 Å². The van der Waals surface area contributed by atoms with Crippen LogP contribution < -0.4 is 5.32 Å². The van der Waals surface area contributed by atoms with Crippen LogP contribution in [0.15, 0.2) is 24.5 Å². The van der Waals surface area contributed by atoms with Crippen molar-refractivity contribution < 1.29 is 9.59 Å². The normalized spacial score (nSPS) is 12.0. The summed E-state index contributed by atoms with van der Waals surface area (Å²) in [6.07, 6.45) is 3.44. The summed E-state index contributed by atoms with van der Waals surface area (Å²) >= 11 is 1.69. The monoisotopic (exact) mass is 309 g/mol. The van der Waals surface area contributed by atoms with Gasteiger partial charge in [-0.25, -0.2) is 0 Å². The first-order valence-corrected chi connectivity index (χ1v) is 8.08. The van der Waals surface area contributed by atoms with E-state index < -0.39 is 0 Å². The van der Waals surface area contributed by atoms with Gasteiger partial charge in [-0.1, -0.05) is 0 Å². The molecule has 1 rings (SSSR count). The molecule has 1 heterocycles. The molecule has 0 radical (unpaired) electrons. The van der Waals surface area contributed by atoms with Crippen LogP contribution in [0.2, 0.25) is 0 Å². The van der Waals surface area contributed by atoms with Crippen molar-refractivity contribution in [3.63, 3.8) is 0 Å². The van der Waals surface area contributed by atoms with Crippen LogP contribution in [0, 0.1) is 5.92 Å². The van der Waals surface area contributed by atoms with Crippen molar-refractivity contribution in [1.82, 2.24) is 15.2 Å². The maximum atomic E-state index is 12.5. The van der Waals surface area contributed by atoms with Crippen molar-refractivity contribution in [1.29, 1.82) is 0 Å². The smallest absolute Gasteiger partial charge is 0.222 e. The van der Waals surface area contributed by atoms with E-state index in [1.165, 1.54) is 4.90 Å². The summed E-state index contributed by atoms with van der Waals surface area (Å²) in [5, 5.41) is 3.07. The molecule has 0 fully saturated rings. The lowest BCUT2D eigenvalue weighted by Crippen LogP contribution is -2.29. The first kappa shape index (κ1) is 17.7. The SMILES string of the molecule is CNCCSCC(CC(=O)N(C)C)C(=O)c1cccnc1. The third kappa shape index (κ3) is 6.27. The van der Waals surface area contributed by atoms with Crippen molar-refractivity contribution in [3.05, 3.63) is 30.1 Å². The zero-order valence-electron chi connectivity index (χ0n) is 12.8. The highest BCUT2D eigenvalue weighted by Gasteiger charge is 2.24. The van der Waals surface area contributed by atoms with Crippen molar-refractivity contribution >= 4 is 23.5 Å². The van der Waals surface area contributed by atoms with Gasteiger partial charge in [0.25, 0.3) is 0 Å². The van der Waals surface area contributed by atoms with E-state index in [1.807, 2.05) is 7.05 Å². The summed E-state index contributed by atoms with van der Waals surface area (Å²) in [7, 11) is 5.32. The average Bonchev–Trinajstić information content (AvgIpc) is 2.50. The average molecular weight is 309 g/mol. The number of hydrogen-bond acceptors (Lipinski definition) is 5. The number of hydrogen-bond donors (Lipinski definition) is 1. The number of nitrogens with one attached hydrogen (secondary N) is 1. The van der Waals surface area contributed by atoms with Crippen LogP contribution in [-0.4, -0.2) is 60.8 Å². The van der Waals surface area contributed by atoms with Gasteiger partial charge in [0.2, 0.25) is 5.91 Å². The molecule has 1 aromatic rings. The number of pyridine rings is 1. The van der Waals surface area contributed by atoms with Crippen LogP contribution in [0.4, 0.5) is 0 Å². The van der Waals surface area contributed by atoms with Gasteiger partial charge in [-0.05, 0) is 19.2 Å². The number of amides is 1. The number of Topliss-reactive ketones (excluding diaryl/α,β-unsaturated/α-hetero) is 1. The first-order valence-electron chi connectivity index (χ1n) is 6.93. The van der Waals surface area contributed by atoms with E-state index in [4.69, 9.17) is 0 Å². The molecular weight excluding hydrogens is 286 g/mol. The predicted octanol–water partition coefficient (Wildman–Crippen LogP) is 1.31. The minimum Gasteiger partial charge on any atom is -0.349 e. The number of aromatic nitrogens is 1. The quantitative estimate of drug-likeness (QED) is 0.550. The highest BCUT2D eigenvalue weighted by Crippen LogP contribution is 2.18. The molecule has 0 spiro atoms. The minimum atomic E-state index is -0.300. The van der Waals surface area contributed by atoms with E-state index in [0.717, 1.165) is 12.3 Å². The van der Waals surface area contributed by atoms with Crippen LogP contribution in [0.3, 0.4) is 0 Å². The summed E-state index contributed by atoms with van der Waals surface area (Å²) in [4.78, 5) is 30.0.